The van der Waals surface area contributed by atoms with E-state index in [1.807, 2.05) is 19.1 Å². The normalized spacial score (nSPS) is 10.3. The summed E-state index contributed by atoms with van der Waals surface area (Å²) < 4.78 is 2.24. The molecule has 5 nitrogen and oxygen atoms in total. The Labute approximate surface area is 124 Å². The Bertz CT molecular complexity index is 665. The third-order valence-electron chi connectivity index (χ3n) is 2.64. The molecule has 0 spiro atoms. The second kappa shape index (κ2) is 6.47. The van der Waals surface area contributed by atoms with E-state index < -0.39 is 0 Å². The third-order valence-corrected chi connectivity index (χ3v) is 3.17. The van der Waals surface area contributed by atoms with Crippen LogP contribution < -0.4 is 10.9 Å². The number of amides is 1. The van der Waals surface area contributed by atoms with Gasteiger partial charge in [0.05, 0.1) is 0 Å². The van der Waals surface area contributed by atoms with Crippen LogP contribution in [0.4, 0.5) is 5.69 Å². The average Bonchev–Trinajstić information content (AvgIpc) is 2.44. The molecule has 0 radical (unpaired) electrons. The minimum Gasteiger partial charge on any atom is -0.321 e. The Kier molecular flexibility index (Phi) is 4.68. The smallest absolute Gasteiger partial charge is 0.276 e. The lowest BCUT2D eigenvalue weighted by Gasteiger charge is -2.07. The first-order chi connectivity index (χ1) is 9.60. The monoisotopic (exact) mass is 335 g/mol. The van der Waals surface area contributed by atoms with Crippen molar-refractivity contribution >= 4 is 27.5 Å². The van der Waals surface area contributed by atoms with Crippen molar-refractivity contribution in [2.45, 2.75) is 19.9 Å². The summed E-state index contributed by atoms with van der Waals surface area (Å²) in [5, 5.41) is 6.80. The van der Waals surface area contributed by atoms with Gasteiger partial charge in [0.1, 0.15) is 5.69 Å². The van der Waals surface area contributed by atoms with Gasteiger partial charge in [0.15, 0.2) is 0 Å². The molecule has 0 atom stereocenters. The van der Waals surface area contributed by atoms with Gasteiger partial charge in [-0.15, -0.1) is 0 Å². The van der Waals surface area contributed by atoms with Gasteiger partial charge in [0.25, 0.3) is 11.5 Å². The molecule has 1 heterocycles. The molecule has 0 bridgehead atoms. The minimum atomic E-state index is -0.336. The Hall–Kier alpha value is -1.95. The van der Waals surface area contributed by atoms with E-state index in [-0.39, 0.29) is 17.2 Å². The number of nitrogens with one attached hydrogen (secondary N) is 1. The maximum absolute atomic E-state index is 12.1. The van der Waals surface area contributed by atoms with Crippen molar-refractivity contribution < 1.29 is 4.79 Å². The van der Waals surface area contributed by atoms with Crippen LogP contribution in [0.15, 0.2) is 45.7 Å². The molecule has 0 fully saturated rings. The zero-order valence-corrected chi connectivity index (χ0v) is 12.6. The topological polar surface area (TPSA) is 64.0 Å². The number of rotatable bonds is 4. The molecule has 1 aromatic heterocycles. The summed E-state index contributed by atoms with van der Waals surface area (Å²) in [6.07, 6.45) is 0.782. The van der Waals surface area contributed by atoms with Crippen LogP contribution in [0.3, 0.4) is 0 Å². The van der Waals surface area contributed by atoms with Crippen molar-refractivity contribution in [2.75, 3.05) is 5.32 Å². The molecule has 6 heteroatoms. The van der Waals surface area contributed by atoms with Crippen LogP contribution in [0.25, 0.3) is 0 Å². The highest BCUT2D eigenvalue weighted by Crippen LogP contribution is 2.14. The second-order valence-electron chi connectivity index (χ2n) is 4.24. The lowest BCUT2D eigenvalue weighted by Crippen LogP contribution is -2.26. The van der Waals surface area contributed by atoms with Crippen LogP contribution >= 0.6 is 15.9 Å². The molecule has 0 saturated carbocycles. The van der Waals surface area contributed by atoms with E-state index in [2.05, 4.69) is 26.3 Å². The first-order valence-corrected chi connectivity index (χ1v) is 7.04. The summed E-state index contributed by atoms with van der Waals surface area (Å²) in [7, 11) is 0. The van der Waals surface area contributed by atoms with Gasteiger partial charge < -0.3 is 5.32 Å². The largest absolute Gasteiger partial charge is 0.321 e. The molecule has 2 rings (SSSR count). The van der Waals surface area contributed by atoms with Crippen LogP contribution in [-0.2, 0) is 6.54 Å². The number of aromatic nitrogens is 2. The molecular formula is C14H14BrN3O2. The molecule has 0 aliphatic heterocycles. The Morgan fingerprint density at radius 1 is 1.25 bits per heavy atom. The molecule has 0 aliphatic carbocycles. The van der Waals surface area contributed by atoms with Crippen LogP contribution in [-0.4, -0.2) is 15.7 Å². The summed E-state index contributed by atoms with van der Waals surface area (Å²) >= 11 is 3.33. The SMILES string of the molecule is CCCn1nc(C(=O)Nc2ccc(Br)cc2)ccc1=O. The van der Waals surface area contributed by atoms with Crippen LogP contribution in [0.1, 0.15) is 23.8 Å². The van der Waals surface area contributed by atoms with Gasteiger partial charge in [0.2, 0.25) is 0 Å². The van der Waals surface area contributed by atoms with Gasteiger partial charge in [-0.3, -0.25) is 9.59 Å². The second-order valence-corrected chi connectivity index (χ2v) is 5.16. The van der Waals surface area contributed by atoms with E-state index in [0.29, 0.717) is 12.2 Å². The lowest BCUT2D eigenvalue weighted by atomic mass is 10.3. The van der Waals surface area contributed by atoms with Gasteiger partial charge in [-0.1, -0.05) is 22.9 Å². The summed E-state index contributed by atoms with van der Waals surface area (Å²) in [5.41, 5.74) is 0.696. The molecule has 0 unspecified atom stereocenters. The van der Waals surface area contributed by atoms with E-state index in [1.54, 1.807) is 12.1 Å². The van der Waals surface area contributed by atoms with E-state index in [9.17, 15) is 9.59 Å². The number of carbonyl (C=O) groups is 1. The predicted octanol–water partition coefficient (Wildman–Crippen LogP) is 2.67. The fourth-order valence-electron chi connectivity index (χ4n) is 1.67. The highest BCUT2D eigenvalue weighted by Gasteiger charge is 2.09. The number of halogens is 1. The summed E-state index contributed by atoms with van der Waals surface area (Å²) in [5.74, 6) is -0.336. The maximum Gasteiger partial charge on any atom is 0.276 e. The van der Waals surface area contributed by atoms with Crippen LogP contribution in [0.5, 0.6) is 0 Å². The van der Waals surface area contributed by atoms with Gasteiger partial charge >= 0.3 is 0 Å². The predicted molar refractivity (Wildman–Crippen MR) is 80.9 cm³/mol. The Morgan fingerprint density at radius 3 is 2.60 bits per heavy atom. The fourth-order valence-corrected chi connectivity index (χ4v) is 1.93. The quantitative estimate of drug-likeness (QED) is 0.934. The average molecular weight is 336 g/mol. The van der Waals surface area contributed by atoms with Crippen LogP contribution in [0, 0.1) is 0 Å². The first-order valence-electron chi connectivity index (χ1n) is 6.25. The number of nitrogens with zero attached hydrogens (tertiary/aromatic N) is 2. The van der Waals surface area contributed by atoms with Crippen molar-refractivity contribution in [3.05, 3.63) is 56.9 Å². The zero-order valence-electron chi connectivity index (χ0n) is 11.0. The number of hydrogen-bond acceptors (Lipinski definition) is 3. The zero-order chi connectivity index (χ0) is 14.5. The van der Waals surface area contributed by atoms with Crippen molar-refractivity contribution in [3.63, 3.8) is 0 Å². The van der Waals surface area contributed by atoms with E-state index in [1.165, 1.54) is 16.8 Å². The number of anilines is 1. The molecule has 0 aliphatic rings. The number of hydrogen-bond donors (Lipinski definition) is 1. The van der Waals surface area contributed by atoms with Gasteiger partial charge in [-0.05, 0) is 36.8 Å². The Balaban J connectivity index is 2.18. The molecular weight excluding hydrogens is 322 g/mol. The minimum absolute atomic E-state index is 0.202. The molecule has 1 aromatic carbocycles. The van der Waals surface area contributed by atoms with Gasteiger partial charge in [0, 0.05) is 22.8 Å². The molecule has 1 amide bonds. The summed E-state index contributed by atoms with van der Waals surface area (Å²) in [4.78, 5) is 23.6. The van der Waals surface area contributed by atoms with Crippen molar-refractivity contribution in [2.24, 2.45) is 0 Å². The molecule has 20 heavy (non-hydrogen) atoms. The third kappa shape index (κ3) is 3.54. The maximum atomic E-state index is 12.1. The Morgan fingerprint density at radius 2 is 1.95 bits per heavy atom. The number of aryl methyl sites for hydroxylation is 1. The number of benzene rings is 1. The molecule has 2 aromatic rings. The summed E-state index contributed by atoms with van der Waals surface area (Å²) in [6, 6.07) is 10.0. The van der Waals surface area contributed by atoms with Crippen molar-refractivity contribution in [3.8, 4) is 0 Å². The van der Waals surface area contributed by atoms with Crippen LogP contribution in [0.2, 0.25) is 0 Å². The number of carbonyl (C=O) groups excluding carboxylic acids is 1. The lowest BCUT2D eigenvalue weighted by molar-refractivity contribution is 0.102. The summed E-state index contributed by atoms with van der Waals surface area (Å²) in [6.45, 7) is 2.45. The fraction of sp³-hybridized carbons (Fsp3) is 0.214. The highest BCUT2D eigenvalue weighted by atomic mass is 79.9. The van der Waals surface area contributed by atoms with Crippen molar-refractivity contribution in [1.29, 1.82) is 0 Å². The van der Waals surface area contributed by atoms with Crippen molar-refractivity contribution in [1.82, 2.24) is 9.78 Å². The highest BCUT2D eigenvalue weighted by molar-refractivity contribution is 9.10. The van der Waals surface area contributed by atoms with Gasteiger partial charge in [-0.2, -0.15) is 5.10 Å². The molecule has 1 N–H and O–H groups in total. The first kappa shape index (κ1) is 14.5. The molecule has 104 valence electrons. The van der Waals surface area contributed by atoms with E-state index in [4.69, 9.17) is 0 Å². The standard InChI is InChI=1S/C14H14BrN3O2/c1-2-9-18-13(19)8-7-12(17-18)14(20)16-11-5-3-10(15)4-6-11/h3-8H,2,9H2,1H3,(H,16,20). The van der Waals surface area contributed by atoms with E-state index in [0.717, 1.165) is 10.9 Å². The van der Waals surface area contributed by atoms with Gasteiger partial charge in [-0.25, -0.2) is 4.68 Å². The molecule has 0 saturated heterocycles. The van der Waals surface area contributed by atoms with E-state index >= 15 is 0 Å².